The van der Waals surface area contributed by atoms with Crippen molar-refractivity contribution in [2.75, 3.05) is 20.7 Å². The second kappa shape index (κ2) is 6.45. The van der Waals surface area contributed by atoms with Crippen molar-refractivity contribution < 1.29 is 19.4 Å². The van der Waals surface area contributed by atoms with Crippen LogP contribution in [-0.2, 0) is 9.59 Å². The van der Waals surface area contributed by atoms with Crippen LogP contribution in [0, 0.1) is 0 Å². The lowest BCUT2D eigenvalue weighted by Gasteiger charge is -2.12. The molecule has 1 amide bonds. The van der Waals surface area contributed by atoms with E-state index in [1.54, 1.807) is 43.3 Å². The molecule has 1 N–H and O–H groups in total. The van der Waals surface area contributed by atoms with Gasteiger partial charge in [-0.05, 0) is 36.5 Å². The summed E-state index contributed by atoms with van der Waals surface area (Å²) in [4.78, 5) is 25.8. The largest absolute Gasteiger partial charge is 0.481 e. The first-order valence-electron chi connectivity index (χ1n) is 6.23. The van der Waals surface area contributed by atoms with Gasteiger partial charge in [-0.1, -0.05) is 15.9 Å². The van der Waals surface area contributed by atoms with E-state index in [1.165, 1.54) is 4.90 Å². The highest BCUT2D eigenvalue weighted by molar-refractivity contribution is 9.10. The lowest BCUT2D eigenvalue weighted by molar-refractivity contribution is -0.139. The Balaban J connectivity index is 2.41. The molecule has 0 saturated carbocycles. The number of hydrogen-bond donors (Lipinski definition) is 1. The van der Waals surface area contributed by atoms with Gasteiger partial charge in [-0.15, -0.1) is 0 Å². The van der Waals surface area contributed by atoms with Crippen LogP contribution in [0.1, 0.15) is 5.56 Å². The van der Waals surface area contributed by atoms with E-state index in [0.29, 0.717) is 22.1 Å². The number of ether oxygens (including phenoxy) is 1. The minimum Gasteiger partial charge on any atom is -0.481 e. The molecule has 0 radical (unpaired) electrons. The predicted octanol–water partition coefficient (Wildman–Crippen LogP) is 1.94. The van der Waals surface area contributed by atoms with E-state index in [0.717, 1.165) is 4.47 Å². The zero-order chi connectivity index (χ0) is 16.4. The van der Waals surface area contributed by atoms with Crippen LogP contribution in [-0.4, -0.2) is 52.6 Å². The van der Waals surface area contributed by atoms with E-state index < -0.39 is 12.6 Å². The number of hydrogen-bond acceptors (Lipinski definition) is 4. The highest BCUT2D eigenvalue weighted by atomic mass is 79.9. The van der Waals surface area contributed by atoms with E-state index in [-0.39, 0.29) is 5.91 Å². The molecule has 22 heavy (non-hydrogen) atoms. The van der Waals surface area contributed by atoms with Gasteiger partial charge >= 0.3 is 5.97 Å². The summed E-state index contributed by atoms with van der Waals surface area (Å²) in [5.41, 5.74) is 0.981. The SMILES string of the molecule is CN1C(=O)/C(=C/c2cc(Br)ccc2OCC(=O)O)N(C)C1=S. The fraction of sp³-hybridized carbons (Fsp3) is 0.214. The summed E-state index contributed by atoms with van der Waals surface area (Å²) >= 11 is 8.49. The lowest BCUT2D eigenvalue weighted by Crippen LogP contribution is -2.26. The van der Waals surface area contributed by atoms with Crippen molar-refractivity contribution in [2.45, 2.75) is 0 Å². The van der Waals surface area contributed by atoms with Crippen molar-refractivity contribution in [2.24, 2.45) is 0 Å². The van der Waals surface area contributed by atoms with Gasteiger partial charge in [-0.3, -0.25) is 9.69 Å². The van der Waals surface area contributed by atoms with E-state index in [9.17, 15) is 9.59 Å². The summed E-state index contributed by atoms with van der Waals surface area (Å²) in [5, 5.41) is 9.12. The average Bonchev–Trinajstić information content (AvgIpc) is 2.64. The first kappa shape index (κ1) is 16.4. The third kappa shape index (κ3) is 3.28. The van der Waals surface area contributed by atoms with Crippen molar-refractivity contribution in [3.8, 4) is 5.75 Å². The summed E-state index contributed by atoms with van der Waals surface area (Å²) in [5.74, 6) is -0.923. The van der Waals surface area contributed by atoms with Crippen molar-refractivity contribution in [3.05, 3.63) is 33.9 Å². The molecule has 2 rings (SSSR count). The second-order valence-electron chi connectivity index (χ2n) is 4.60. The molecule has 8 heteroatoms. The molecule has 0 aliphatic carbocycles. The molecule has 1 fully saturated rings. The zero-order valence-corrected chi connectivity index (χ0v) is 14.3. The average molecular weight is 385 g/mol. The molecule has 0 bridgehead atoms. The number of benzene rings is 1. The number of likely N-dealkylation sites (N-methyl/N-ethyl adjacent to an activating group) is 2. The normalized spacial score (nSPS) is 16.6. The van der Waals surface area contributed by atoms with Crippen molar-refractivity contribution in [1.82, 2.24) is 9.80 Å². The topological polar surface area (TPSA) is 70.1 Å². The molecule has 1 aliphatic heterocycles. The lowest BCUT2D eigenvalue weighted by atomic mass is 10.1. The third-order valence-corrected chi connectivity index (χ3v) is 4.12. The fourth-order valence-corrected chi connectivity index (χ4v) is 2.50. The number of amides is 1. The third-order valence-electron chi connectivity index (χ3n) is 3.07. The minimum atomic E-state index is -1.07. The molecular weight excluding hydrogens is 372 g/mol. The molecule has 1 aliphatic rings. The van der Waals surface area contributed by atoms with Crippen molar-refractivity contribution in [1.29, 1.82) is 0 Å². The summed E-state index contributed by atoms with van der Waals surface area (Å²) in [6.07, 6.45) is 1.63. The van der Waals surface area contributed by atoms with Gasteiger partial charge in [0.25, 0.3) is 5.91 Å². The van der Waals surface area contributed by atoms with E-state index >= 15 is 0 Å². The van der Waals surface area contributed by atoms with Gasteiger partial charge in [0.15, 0.2) is 11.7 Å². The first-order chi connectivity index (χ1) is 10.3. The highest BCUT2D eigenvalue weighted by Crippen LogP contribution is 2.28. The Morgan fingerprint density at radius 3 is 2.64 bits per heavy atom. The molecule has 0 unspecified atom stereocenters. The van der Waals surface area contributed by atoms with Crippen LogP contribution >= 0.6 is 28.1 Å². The molecule has 1 aromatic carbocycles. The summed E-state index contributed by atoms with van der Waals surface area (Å²) in [6.45, 7) is -0.458. The highest BCUT2D eigenvalue weighted by Gasteiger charge is 2.32. The predicted molar refractivity (Wildman–Crippen MR) is 88.4 cm³/mol. The summed E-state index contributed by atoms with van der Waals surface area (Å²) < 4.78 is 6.03. The minimum absolute atomic E-state index is 0.225. The smallest absolute Gasteiger partial charge is 0.341 e. The molecular formula is C14H13BrN2O4S. The molecule has 1 saturated heterocycles. The standard InChI is InChI=1S/C14H13BrN2O4S/c1-16-10(13(20)17(2)14(16)22)6-8-5-9(15)3-4-11(8)21-7-12(18)19/h3-6H,7H2,1-2H3,(H,18,19)/b10-6-. The number of rotatable bonds is 4. The number of nitrogens with zero attached hydrogens (tertiary/aromatic N) is 2. The van der Waals surface area contributed by atoms with Gasteiger partial charge in [0.1, 0.15) is 11.4 Å². The van der Waals surface area contributed by atoms with Gasteiger partial charge in [-0.2, -0.15) is 0 Å². The van der Waals surface area contributed by atoms with Crippen LogP contribution in [0.2, 0.25) is 0 Å². The number of carboxylic acids is 1. The quantitative estimate of drug-likeness (QED) is 0.631. The Morgan fingerprint density at radius 1 is 1.41 bits per heavy atom. The number of carboxylic acid groups (broad SMARTS) is 1. The molecule has 0 atom stereocenters. The monoisotopic (exact) mass is 384 g/mol. The van der Waals surface area contributed by atoms with Crippen LogP contribution in [0.15, 0.2) is 28.4 Å². The van der Waals surface area contributed by atoms with E-state index in [4.69, 9.17) is 22.1 Å². The van der Waals surface area contributed by atoms with Crippen LogP contribution in [0.5, 0.6) is 5.75 Å². The summed E-state index contributed by atoms with van der Waals surface area (Å²) in [7, 11) is 3.30. The fourth-order valence-electron chi connectivity index (χ4n) is 1.94. The van der Waals surface area contributed by atoms with Crippen LogP contribution in [0.25, 0.3) is 6.08 Å². The van der Waals surface area contributed by atoms with Gasteiger partial charge in [-0.25, -0.2) is 4.79 Å². The molecule has 1 aromatic rings. The molecule has 116 valence electrons. The van der Waals surface area contributed by atoms with Gasteiger partial charge in [0.05, 0.1) is 0 Å². The van der Waals surface area contributed by atoms with Gasteiger partial charge in [0, 0.05) is 24.1 Å². The second-order valence-corrected chi connectivity index (χ2v) is 5.88. The Hall–Kier alpha value is -1.93. The zero-order valence-electron chi connectivity index (χ0n) is 11.9. The summed E-state index contributed by atoms with van der Waals surface area (Å²) in [6, 6.07) is 5.11. The maximum Gasteiger partial charge on any atom is 0.341 e. The molecule has 0 aromatic heterocycles. The van der Waals surface area contributed by atoms with Crippen LogP contribution in [0.3, 0.4) is 0 Å². The van der Waals surface area contributed by atoms with Gasteiger partial charge in [0.2, 0.25) is 0 Å². The maximum atomic E-state index is 12.2. The molecule has 6 nitrogen and oxygen atoms in total. The van der Waals surface area contributed by atoms with Crippen molar-refractivity contribution >= 4 is 51.2 Å². The van der Waals surface area contributed by atoms with E-state index in [2.05, 4.69) is 15.9 Å². The van der Waals surface area contributed by atoms with Gasteiger partial charge < -0.3 is 14.7 Å². The van der Waals surface area contributed by atoms with E-state index in [1.807, 2.05) is 0 Å². The van der Waals surface area contributed by atoms with Crippen LogP contribution in [0.4, 0.5) is 0 Å². The number of halogens is 1. The Kier molecular flexibility index (Phi) is 4.82. The Labute approximate surface area is 141 Å². The first-order valence-corrected chi connectivity index (χ1v) is 7.43. The molecule has 0 spiro atoms. The Morgan fingerprint density at radius 2 is 2.09 bits per heavy atom. The Bertz CT molecular complexity index is 689. The number of carbonyl (C=O) groups excluding carboxylic acids is 1. The van der Waals surface area contributed by atoms with Crippen molar-refractivity contribution in [3.63, 3.8) is 0 Å². The molecule has 1 heterocycles. The maximum absolute atomic E-state index is 12.2. The number of carbonyl (C=O) groups is 2. The number of thiocarbonyl (C=S) groups is 1. The number of aliphatic carboxylic acids is 1. The van der Waals surface area contributed by atoms with Crippen LogP contribution < -0.4 is 4.74 Å².